The Bertz CT molecular complexity index is 1520. The fourth-order valence-electron chi connectivity index (χ4n) is 6.52. The van der Waals surface area contributed by atoms with Gasteiger partial charge in [0.05, 0.1) is 17.0 Å². The predicted molar refractivity (Wildman–Crippen MR) is 171 cm³/mol. The molecule has 2 aromatic carbocycles. The summed E-state index contributed by atoms with van der Waals surface area (Å²) >= 11 is 1.60. The number of fused-ring (bicyclic) bond motifs is 2. The molecule has 0 bridgehead atoms. The predicted octanol–water partition coefficient (Wildman–Crippen LogP) is 5.72. The van der Waals surface area contributed by atoms with Crippen molar-refractivity contribution >= 4 is 46.2 Å². The number of aryl methyl sites for hydroxylation is 1. The number of nitrogens with one attached hydrogen (secondary N) is 2. The molecule has 4 heterocycles. The van der Waals surface area contributed by atoms with E-state index < -0.39 is 5.25 Å². The summed E-state index contributed by atoms with van der Waals surface area (Å²) in [6.07, 6.45) is 5.20. The summed E-state index contributed by atoms with van der Waals surface area (Å²) in [7, 11) is 0. The maximum Gasteiger partial charge on any atom is 0.322 e. The van der Waals surface area contributed by atoms with Crippen molar-refractivity contribution in [2.24, 2.45) is 5.41 Å². The van der Waals surface area contributed by atoms with Gasteiger partial charge in [-0.1, -0.05) is 45.0 Å². The molecule has 2 unspecified atom stereocenters. The number of carbonyl (C=O) groups excluding carboxylic acids is 3. The average Bonchev–Trinajstić information content (AvgIpc) is 3.52. The number of hydrogen-bond donors (Lipinski definition) is 2. The summed E-state index contributed by atoms with van der Waals surface area (Å²) in [5.41, 5.74) is 5.31. The molecule has 3 aliphatic rings. The van der Waals surface area contributed by atoms with E-state index in [0.29, 0.717) is 26.2 Å². The number of H-pyrrole nitrogens is 1. The molecule has 2 saturated heterocycles. The number of anilines is 1. The lowest BCUT2D eigenvalue weighted by atomic mass is 9.92. The number of carbonyl (C=O) groups is 3. The monoisotopic (exact) mass is 602 g/mol. The molecule has 2 fully saturated rings. The summed E-state index contributed by atoms with van der Waals surface area (Å²) in [5.74, 6) is 0.0724. The first-order valence-corrected chi connectivity index (χ1v) is 16.3. The first-order chi connectivity index (χ1) is 20.6. The van der Waals surface area contributed by atoms with Gasteiger partial charge in [0.15, 0.2) is 0 Å². The third-order valence-corrected chi connectivity index (χ3v) is 10.5. The lowest BCUT2D eigenvalue weighted by Gasteiger charge is -2.38. The van der Waals surface area contributed by atoms with E-state index >= 15 is 0 Å². The lowest BCUT2D eigenvalue weighted by Crippen LogP contribution is -2.50. The molecule has 2 atom stereocenters. The topological polar surface area (TPSA) is 102 Å². The molecule has 9 nitrogen and oxygen atoms in total. The minimum atomic E-state index is -0.412. The van der Waals surface area contributed by atoms with Crippen LogP contribution < -0.4 is 5.32 Å². The Hall–Kier alpha value is -3.53. The highest BCUT2D eigenvalue weighted by Crippen LogP contribution is 2.46. The zero-order chi connectivity index (χ0) is 30.3. The van der Waals surface area contributed by atoms with Crippen molar-refractivity contribution in [1.82, 2.24) is 24.9 Å². The van der Waals surface area contributed by atoms with E-state index in [4.69, 9.17) is 0 Å². The highest BCUT2D eigenvalue weighted by atomic mass is 32.2. The van der Waals surface area contributed by atoms with Gasteiger partial charge >= 0.3 is 6.03 Å². The van der Waals surface area contributed by atoms with Crippen molar-refractivity contribution in [1.29, 1.82) is 0 Å². The largest absolute Gasteiger partial charge is 0.342 e. The van der Waals surface area contributed by atoms with Gasteiger partial charge in [0.2, 0.25) is 11.8 Å². The number of piperidine rings is 1. The third kappa shape index (κ3) is 6.25. The molecule has 228 valence electrons. The Morgan fingerprint density at radius 3 is 2.63 bits per heavy atom. The van der Waals surface area contributed by atoms with Crippen molar-refractivity contribution in [3.63, 3.8) is 0 Å². The zero-order valence-electron chi connectivity index (χ0n) is 25.6. The van der Waals surface area contributed by atoms with Gasteiger partial charge < -0.3 is 20.0 Å². The van der Waals surface area contributed by atoms with Gasteiger partial charge in [-0.05, 0) is 66.8 Å². The Labute approximate surface area is 257 Å². The molecule has 3 aliphatic heterocycles. The van der Waals surface area contributed by atoms with Crippen LogP contribution in [0.1, 0.15) is 68.5 Å². The Morgan fingerprint density at radius 2 is 1.86 bits per heavy atom. The summed E-state index contributed by atoms with van der Waals surface area (Å²) in [6.45, 7) is 11.1. The van der Waals surface area contributed by atoms with Gasteiger partial charge in [0.25, 0.3) is 0 Å². The van der Waals surface area contributed by atoms with Crippen molar-refractivity contribution in [2.75, 3.05) is 31.5 Å². The van der Waals surface area contributed by atoms with Crippen LogP contribution in [-0.4, -0.2) is 80.2 Å². The Balaban J connectivity index is 1.10. The van der Waals surface area contributed by atoms with E-state index in [9.17, 15) is 14.4 Å². The van der Waals surface area contributed by atoms with E-state index in [1.165, 1.54) is 0 Å². The van der Waals surface area contributed by atoms with E-state index in [1.807, 2.05) is 39.1 Å². The molecule has 2 N–H and O–H groups in total. The highest BCUT2D eigenvalue weighted by molar-refractivity contribution is 8.01. The molecule has 43 heavy (non-hydrogen) atoms. The normalized spacial score (nSPS) is 21.7. The smallest absolute Gasteiger partial charge is 0.322 e. The average molecular weight is 603 g/mol. The number of thioether (sulfide) groups is 1. The minimum absolute atomic E-state index is 0.0231. The summed E-state index contributed by atoms with van der Waals surface area (Å²) in [5, 5.41) is 10.8. The first kappa shape index (κ1) is 29.5. The minimum Gasteiger partial charge on any atom is -0.342 e. The van der Waals surface area contributed by atoms with Crippen LogP contribution in [0.4, 0.5) is 10.5 Å². The van der Waals surface area contributed by atoms with Gasteiger partial charge in [0, 0.05) is 49.7 Å². The number of amides is 4. The Morgan fingerprint density at radius 1 is 1.09 bits per heavy atom. The number of hydrogen-bond acceptors (Lipinski definition) is 5. The van der Waals surface area contributed by atoms with Crippen molar-refractivity contribution < 1.29 is 14.4 Å². The third-order valence-electron chi connectivity index (χ3n) is 9.05. The summed E-state index contributed by atoms with van der Waals surface area (Å²) < 4.78 is 0. The molecule has 1 aromatic heterocycles. The van der Waals surface area contributed by atoms with E-state index in [2.05, 4.69) is 61.4 Å². The number of para-hydroxylation sites is 1. The molecule has 0 aliphatic carbocycles. The summed E-state index contributed by atoms with van der Waals surface area (Å²) in [4.78, 5) is 46.2. The number of urea groups is 1. The quantitative estimate of drug-likeness (QED) is 0.376. The maximum atomic E-state index is 13.8. The van der Waals surface area contributed by atoms with Gasteiger partial charge in [-0.25, -0.2) is 4.79 Å². The van der Waals surface area contributed by atoms with Gasteiger partial charge in [0.1, 0.15) is 5.37 Å². The number of benzene rings is 2. The molecular weight excluding hydrogens is 560 g/mol. The first-order valence-electron chi connectivity index (χ1n) is 15.4. The molecule has 0 radical (unpaired) electrons. The van der Waals surface area contributed by atoms with Crippen LogP contribution in [0.3, 0.4) is 0 Å². The molecular formula is C33H42N6O3S. The molecule has 3 aromatic rings. The zero-order valence-corrected chi connectivity index (χ0v) is 26.4. The fraction of sp³-hybridized carbons (Fsp3) is 0.515. The molecule has 4 amide bonds. The van der Waals surface area contributed by atoms with E-state index in [1.54, 1.807) is 11.8 Å². The fourth-order valence-corrected chi connectivity index (χ4v) is 7.98. The number of aromatic amines is 1. The van der Waals surface area contributed by atoms with Gasteiger partial charge in [-0.2, -0.15) is 5.10 Å². The van der Waals surface area contributed by atoms with E-state index in [0.717, 1.165) is 59.0 Å². The van der Waals surface area contributed by atoms with Crippen LogP contribution >= 0.6 is 11.8 Å². The highest BCUT2D eigenvalue weighted by Gasteiger charge is 2.43. The molecule has 6 rings (SSSR count). The Kier molecular flexibility index (Phi) is 8.15. The van der Waals surface area contributed by atoms with Crippen molar-refractivity contribution in [2.45, 2.75) is 76.5 Å². The van der Waals surface area contributed by atoms with Gasteiger partial charge in [-0.3, -0.25) is 14.7 Å². The summed E-state index contributed by atoms with van der Waals surface area (Å²) in [6, 6.07) is 12.3. The SMILES string of the molecule is Cc1cc(C2SC(CC(=O)N3CCC(N4CCc5ccccc5NC4=O)CC3)C(=O)N2CCC(C)(C)C)cc2cn[nH]c12. The number of rotatable bonds is 6. The van der Waals surface area contributed by atoms with Crippen LogP contribution in [0.15, 0.2) is 42.6 Å². The van der Waals surface area contributed by atoms with Crippen LogP contribution in [0.5, 0.6) is 0 Å². The van der Waals surface area contributed by atoms with Crippen LogP contribution in [-0.2, 0) is 16.0 Å². The van der Waals surface area contributed by atoms with Crippen molar-refractivity contribution in [3.8, 4) is 0 Å². The van der Waals surface area contributed by atoms with Crippen LogP contribution in [0.25, 0.3) is 10.9 Å². The van der Waals surface area contributed by atoms with Crippen LogP contribution in [0.2, 0.25) is 0 Å². The maximum absolute atomic E-state index is 13.8. The number of aromatic nitrogens is 2. The molecule has 0 saturated carbocycles. The van der Waals surface area contributed by atoms with E-state index in [-0.39, 0.29) is 41.1 Å². The van der Waals surface area contributed by atoms with Gasteiger partial charge in [-0.15, -0.1) is 11.8 Å². The molecule has 10 heteroatoms. The van der Waals surface area contributed by atoms with Crippen molar-refractivity contribution in [3.05, 3.63) is 59.3 Å². The second-order valence-corrected chi connectivity index (χ2v) is 14.6. The number of nitrogens with zero attached hydrogens (tertiary/aromatic N) is 4. The standard InChI is InChI=1S/C33H42N6O3S/c1-21-17-23(18-24-20-34-36-29(21)24)31-39(16-12-33(2,3)4)30(41)27(43-31)19-28(40)37-13-10-25(11-14-37)38-15-9-22-7-5-6-8-26(22)35-32(38)42/h5-8,17-18,20,25,27,31H,9-16,19H2,1-4H3,(H,34,36)(H,35,42). The number of likely N-dealkylation sites (tertiary alicyclic amines) is 1. The second-order valence-electron chi connectivity index (χ2n) is 13.3. The second kappa shape index (κ2) is 11.9. The molecule has 0 spiro atoms. The van der Waals surface area contributed by atoms with Crippen LogP contribution in [0, 0.1) is 12.3 Å². The lowest BCUT2D eigenvalue weighted by molar-refractivity contribution is -0.137.